The average molecular weight is 358 g/mol. The van der Waals surface area contributed by atoms with Crippen LogP contribution >= 0.6 is 11.8 Å². The second-order valence-corrected chi connectivity index (χ2v) is 7.16. The molecule has 0 aliphatic carbocycles. The van der Waals surface area contributed by atoms with E-state index in [2.05, 4.69) is 37.4 Å². The number of amides is 1. The predicted molar refractivity (Wildman–Crippen MR) is 106 cm³/mol. The Morgan fingerprint density at radius 3 is 2.56 bits per heavy atom. The lowest BCUT2D eigenvalue weighted by atomic mass is 10.0. The number of ether oxygens (including phenoxy) is 1. The SMILES string of the molecule is CC[C@@H](NC(=O)CSCc1ccccc1C)c1ccc(OC)c(C)c1. The van der Waals surface area contributed by atoms with Gasteiger partial charge in [-0.1, -0.05) is 43.3 Å². The highest BCUT2D eigenvalue weighted by molar-refractivity contribution is 7.99. The van der Waals surface area contributed by atoms with Gasteiger partial charge in [0.2, 0.25) is 5.91 Å². The molecule has 0 bridgehead atoms. The van der Waals surface area contributed by atoms with Gasteiger partial charge in [0.05, 0.1) is 18.9 Å². The van der Waals surface area contributed by atoms with Gasteiger partial charge in [-0.3, -0.25) is 4.79 Å². The monoisotopic (exact) mass is 357 g/mol. The second kappa shape index (κ2) is 9.52. The summed E-state index contributed by atoms with van der Waals surface area (Å²) in [6.07, 6.45) is 0.861. The number of benzene rings is 2. The van der Waals surface area contributed by atoms with Crippen LogP contribution in [0.5, 0.6) is 5.75 Å². The molecule has 0 aliphatic rings. The molecular formula is C21H27NO2S. The Bertz CT molecular complexity index is 715. The van der Waals surface area contributed by atoms with Crippen LogP contribution in [0.1, 0.15) is 41.6 Å². The topological polar surface area (TPSA) is 38.3 Å². The van der Waals surface area contributed by atoms with E-state index in [0.717, 1.165) is 29.1 Å². The van der Waals surface area contributed by atoms with E-state index in [-0.39, 0.29) is 11.9 Å². The summed E-state index contributed by atoms with van der Waals surface area (Å²) in [5, 5.41) is 3.15. The molecule has 2 rings (SSSR count). The van der Waals surface area contributed by atoms with Gasteiger partial charge in [0.15, 0.2) is 0 Å². The van der Waals surface area contributed by atoms with Crippen molar-refractivity contribution in [3.8, 4) is 5.75 Å². The lowest BCUT2D eigenvalue weighted by Gasteiger charge is -2.19. The first-order chi connectivity index (χ1) is 12.0. The summed E-state index contributed by atoms with van der Waals surface area (Å²) >= 11 is 1.65. The highest BCUT2D eigenvalue weighted by atomic mass is 32.2. The Morgan fingerprint density at radius 1 is 1.16 bits per heavy atom. The molecule has 0 aromatic heterocycles. The van der Waals surface area contributed by atoms with Crippen LogP contribution < -0.4 is 10.1 Å². The van der Waals surface area contributed by atoms with E-state index in [1.165, 1.54) is 11.1 Å². The molecule has 2 aromatic rings. The normalized spacial score (nSPS) is 11.8. The fourth-order valence-electron chi connectivity index (χ4n) is 2.80. The zero-order valence-electron chi connectivity index (χ0n) is 15.5. The Labute approximate surface area is 155 Å². The molecule has 2 aromatic carbocycles. The minimum Gasteiger partial charge on any atom is -0.496 e. The molecule has 0 saturated heterocycles. The summed E-state index contributed by atoms with van der Waals surface area (Å²) in [7, 11) is 1.67. The molecule has 3 nitrogen and oxygen atoms in total. The minimum absolute atomic E-state index is 0.0381. The van der Waals surface area contributed by atoms with Gasteiger partial charge in [0, 0.05) is 5.75 Å². The quantitative estimate of drug-likeness (QED) is 0.736. The largest absolute Gasteiger partial charge is 0.496 e. The highest BCUT2D eigenvalue weighted by Gasteiger charge is 2.14. The first-order valence-electron chi connectivity index (χ1n) is 8.61. The Balaban J connectivity index is 1.89. The summed E-state index contributed by atoms with van der Waals surface area (Å²) < 4.78 is 5.31. The first-order valence-corrected chi connectivity index (χ1v) is 9.76. The van der Waals surface area contributed by atoms with Gasteiger partial charge in [-0.05, 0) is 48.6 Å². The number of carbonyl (C=O) groups excluding carboxylic acids is 1. The third-order valence-corrected chi connectivity index (χ3v) is 5.30. The molecule has 1 N–H and O–H groups in total. The van der Waals surface area contributed by atoms with E-state index >= 15 is 0 Å². The number of thioether (sulfide) groups is 1. The number of aryl methyl sites for hydroxylation is 2. The smallest absolute Gasteiger partial charge is 0.230 e. The molecule has 1 atom stereocenters. The van der Waals surface area contributed by atoms with Crippen LogP contribution in [-0.2, 0) is 10.5 Å². The summed E-state index contributed by atoms with van der Waals surface area (Å²) in [6.45, 7) is 6.22. The highest BCUT2D eigenvalue weighted by Crippen LogP contribution is 2.24. The molecule has 4 heteroatoms. The van der Waals surface area contributed by atoms with Crippen LogP contribution in [0.15, 0.2) is 42.5 Å². The molecular weight excluding hydrogens is 330 g/mol. The maximum atomic E-state index is 12.3. The van der Waals surface area contributed by atoms with Gasteiger partial charge in [-0.25, -0.2) is 0 Å². The maximum absolute atomic E-state index is 12.3. The van der Waals surface area contributed by atoms with Gasteiger partial charge in [-0.2, -0.15) is 0 Å². The van der Waals surface area contributed by atoms with Crippen LogP contribution in [0.3, 0.4) is 0 Å². The van der Waals surface area contributed by atoms with E-state index in [1.54, 1.807) is 18.9 Å². The van der Waals surface area contributed by atoms with Crippen LogP contribution in [0, 0.1) is 13.8 Å². The van der Waals surface area contributed by atoms with Gasteiger partial charge in [-0.15, -0.1) is 11.8 Å². The zero-order chi connectivity index (χ0) is 18.2. The van der Waals surface area contributed by atoms with Crippen LogP contribution in [0.2, 0.25) is 0 Å². The lowest BCUT2D eigenvalue weighted by molar-refractivity contribution is -0.119. The second-order valence-electron chi connectivity index (χ2n) is 6.18. The van der Waals surface area contributed by atoms with Crippen LogP contribution in [0.4, 0.5) is 0 Å². The number of hydrogen-bond acceptors (Lipinski definition) is 3. The van der Waals surface area contributed by atoms with Crippen molar-refractivity contribution in [3.63, 3.8) is 0 Å². The van der Waals surface area contributed by atoms with Gasteiger partial charge >= 0.3 is 0 Å². The molecule has 25 heavy (non-hydrogen) atoms. The lowest BCUT2D eigenvalue weighted by Crippen LogP contribution is -2.29. The standard InChI is InChI=1S/C21H27NO2S/c1-5-19(17-10-11-20(24-4)16(3)12-17)22-21(23)14-25-13-18-9-7-6-8-15(18)2/h6-12,19H,5,13-14H2,1-4H3,(H,22,23)/t19-/m1/s1. The first kappa shape index (κ1) is 19.4. The molecule has 0 saturated carbocycles. The van der Waals surface area contributed by atoms with Crippen molar-refractivity contribution in [1.82, 2.24) is 5.32 Å². The molecule has 0 heterocycles. The third kappa shape index (κ3) is 5.53. The van der Waals surface area contributed by atoms with Crippen molar-refractivity contribution in [2.75, 3.05) is 12.9 Å². The van der Waals surface area contributed by atoms with Crippen molar-refractivity contribution in [3.05, 3.63) is 64.7 Å². The van der Waals surface area contributed by atoms with Gasteiger partial charge in [0.25, 0.3) is 0 Å². The number of hydrogen-bond donors (Lipinski definition) is 1. The van der Waals surface area contributed by atoms with Gasteiger partial charge < -0.3 is 10.1 Å². The zero-order valence-corrected chi connectivity index (χ0v) is 16.3. The Kier molecular flexibility index (Phi) is 7.38. The predicted octanol–water partition coefficient (Wildman–Crippen LogP) is 4.81. The van der Waals surface area contributed by atoms with E-state index in [4.69, 9.17) is 4.74 Å². The van der Waals surface area contributed by atoms with Crippen molar-refractivity contribution in [2.24, 2.45) is 0 Å². The fourth-order valence-corrected chi connectivity index (χ4v) is 3.72. The third-order valence-electron chi connectivity index (χ3n) is 4.32. The minimum atomic E-state index is 0.0381. The Hall–Kier alpha value is -1.94. The maximum Gasteiger partial charge on any atom is 0.230 e. The van der Waals surface area contributed by atoms with Crippen molar-refractivity contribution < 1.29 is 9.53 Å². The van der Waals surface area contributed by atoms with E-state index in [9.17, 15) is 4.79 Å². The Morgan fingerprint density at radius 2 is 1.92 bits per heavy atom. The summed E-state index contributed by atoms with van der Waals surface area (Å²) in [5.74, 6) is 2.29. The molecule has 134 valence electrons. The number of rotatable bonds is 8. The fraction of sp³-hybridized carbons (Fsp3) is 0.381. The summed E-state index contributed by atoms with van der Waals surface area (Å²) in [4.78, 5) is 12.3. The van der Waals surface area contributed by atoms with Crippen molar-refractivity contribution in [2.45, 2.75) is 39.0 Å². The number of carbonyl (C=O) groups is 1. The van der Waals surface area contributed by atoms with Crippen LogP contribution in [0.25, 0.3) is 0 Å². The van der Waals surface area contributed by atoms with E-state index in [0.29, 0.717) is 5.75 Å². The molecule has 0 spiro atoms. The molecule has 1 amide bonds. The number of methoxy groups -OCH3 is 1. The molecule has 0 unspecified atom stereocenters. The number of nitrogens with one attached hydrogen (secondary N) is 1. The average Bonchev–Trinajstić information content (AvgIpc) is 2.61. The van der Waals surface area contributed by atoms with Crippen molar-refractivity contribution >= 4 is 17.7 Å². The summed E-state index contributed by atoms with van der Waals surface area (Å²) in [5.41, 5.74) is 4.77. The van der Waals surface area contributed by atoms with E-state index in [1.807, 2.05) is 31.2 Å². The molecule has 0 fully saturated rings. The van der Waals surface area contributed by atoms with Crippen molar-refractivity contribution in [1.29, 1.82) is 0 Å². The molecule has 0 aliphatic heterocycles. The summed E-state index contributed by atoms with van der Waals surface area (Å²) in [6, 6.07) is 14.4. The van der Waals surface area contributed by atoms with E-state index < -0.39 is 0 Å². The molecule has 0 radical (unpaired) electrons. The van der Waals surface area contributed by atoms with Gasteiger partial charge in [0.1, 0.15) is 5.75 Å². The van der Waals surface area contributed by atoms with Crippen LogP contribution in [-0.4, -0.2) is 18.8 Å².